The van der Waals surface area contributed by atoms with E-state index in [2.05, 4.69) is 275 Å². The van der Waals surface area contributed by atoms with Crippen molar-refractivity contribution in [3.8, 4) is 56.2 Å². The second-order valence-electron chi connectivity index (χ2n) is 17.7. The summed E-state index contributed by atoms with van der Waals surface area (Å²) in [6.45, 7) is 4.26. The Balaban J connectivity index is 0.889. The fourth-order valence-electron chi connectivity index (χ4n) is 9.61. The van der Waals surface area contributed by atoms with Crippen molar-refractivity contribution in [2.45, 2.75) is 13.8 Å². The maximum absolute atomic E-state index is 5.19. The van der Waals surface area contributed by atoms with Gasteiger partial charge < -0.3 is 9.80 Å². The van der Waals surface area contributed by atoms with Crippen LogP contribution in [0, 0.1) is 13.8 Å². The molecule has 0 aliphatic heterocycles. The zero-order valence-corrected chi connectivity index (χ0v) is 38.9. The van der Waals surface area contributed by atoms with E-state index in [0.717, 1.165) is 102 Å². The number of nitrogens with zero attached hydrogens (tertiary/aromatic N) is 6. The largest absolute Gasteiger partial charge is 0.310 e. The zero-order valence-electron chi connectivity index (χ0n) is 38.9. The summed E-state index contributed by atoms with van der Waals surface area (Å²) in [5.74, 6) is 0. The molecule has 12 aromatic rings. The van der Waals surface area contributed by atoms with E-state index in [0.29, 0.717) is 0 Å². The van der Waals surface area contributed by atoms with E-state index in [1.54, 1.807) is 0 Å². The SMILES string of the molecule is Cc1ccc(N(c2ccc(-c3ccc(N(c4ccc(C)cc4)c4cccc(-c5nc6ccccn6c5-c5ccccc5)c4)cc3)cc2)c2cccc(-c3nc4ccccn4c3-c3ccccc3)c2)cc1. The second-order valence-corrected chi connectivity index (χ2v) is 17.7. The molecule has 12 rings (SSSR count). The monoisotopic (exact) mass is 900 g/mol. The number of benzene rings is 8. The quantitative estimate of drug-likeness (QED) is 0.130. The van der Waals surface area contributed by atoms with Crippen LogP contribution in [0.3, 0.4) is 0 Å². The molecule has 0 saturated heterocycles. The lowest BCUT2D eigenvalue weighted by molar-refractivity contribution is 1.19. The molecule has 0 fully saturated rings. The van der Waals surface area contributed by atoms with E-state index in [4.69, 9.17) is 9.97 Å². The molecule has 334 valence electrons. The molecular weight excluding hydrogens is 853 g/mol. The van der Waals surface area contributed by atoms with Crippen molar-refractivity contribution in [2.75, 3.05) is 9.80 Å². The maximum atomic E-state index is 5.19. The van der Waals surface area contributed by atoms with Crippen LogP contribution in [0.1, 0.15) is 11.1 Å². The van der Waals surface area contributed by atoms with Crippen LogP contribution in [0.5, 0.6) is 0 Å². The van der Waals surface area contributed by atoms with Crippen molar-refractivity contribution >= 4 is 45.4 Å². The molecule has 6 nitrogen and oxygen atoms in total. The Kier molecular flexibility index (Phi) is 10.9. The Labute approximate surface area is 408 Å². The minimum atomic E-state index is 0.912. The van der Waals surface area contributed by atoms with Crippen molar-refractivity contribution in [2.24, 2.45) is 0 Å². The lowest BCUT2D eigenvalue weighted by Gasteiger charge is -2.27. The summed E-state index contributed by atoms with van der Waals surface area (Å²) in [5, 5.41) is 0. The van der Waals surface area contributed by atoms with Crippen LogP contribution in [-0.2, 0) is 0 Å². The average Bonchev–Trinajstić information content (AvgIpc) is 4.01. The highest BCUT2D eigenvalue weighted by atomic mass is 15.1. The molecule has 0 N–H and O–H groups in total. The molecule has 8 aromatic carbocycles. The first-order chi connectivity index (χ1) is 34.5. The van der Waals surface area contributed by atoms with Crippen LogP contribution in [0.2, 0.25) is 0 Å². The van der Waals surface area contributed by atoms with E-state index in [9.17, 15) is 0 Å². The third-order valence-corrected chi connectivity index (χ3v) is 13.1. The topological polar surface area (TPSA) is 41.1 Å². The van der Waals surface area contributed by atoms with E-state index in [1.807, 2.05) is 12.1 Å². The number of pyridine rings is 2. The standard InChI is InChI=1S/C64H48N6/c1-45-25-33-53(34-26-45)69(57-21-13-19-51(43-57)61-63(49-15-5-3-6-16-49)67-41-11-9-23-59(67)65-61)55-37-29-47(30-38-55)48-31-39-56(40-32-48)70(54-35-27-46(2)28-36-54)58-22-14-20-52(44-58)62-64(50-17-7-4-8-18-50)68-42-12-10-24-60(68)66-62/h3-44H,1-2H3. The minimum absolute atomic E-state index is 0.912. The molecule has 0 aliphatic rings. The number of hydrogen-bond donors (Lipinski definition) is 0. The predicted octanol–water partition coefficient (Wildman–Crippen LogP) is 16.9. The summed E-state index contributed by atoms with van der Waals surface area (Å²) in [7, 11) is 0. The second kappa shape index (κ2) is 18.1. The number of hydrogen-bond acceptors (Lipinski definition) is 4. The van der Waals surface area contributed by atoms with Gasteiger partial charge in [0.05, 0.1) is 22.8 Å². The van der Waals surface area contributed by atoms with Gasteiger partial charge in [0.25, 0.3) is 0 Å². The van der Waals surface area contributed by atoms with Gasteiger partial charge in [0.1, 0.15) is 11.3 Å². The van der Waals surface area contributed by atoms with Crippen molar-refractivity contribution < 1.29 is 0 Å². The van der Waals surface area contributed by atoms with Crippen LogP contribution >= 0.6 is 0 Å². The number of rotatable bonds is 11. The molecule has 0 bridgehead atoms. The molecule has 0 atom stereocenters. The predicted molar refractivity (Wildman–Crippen MR) is 290 cm³/mol. The average molecular weight is 901 g/mol. The molecule has 4 aromatic heterocycles. The maximum Gasteiger partial charge on any atom is 0.137 e. The first kappa shape index (κ1) is 42.1. The number of imidazole rings is 2. The van der Waals surface area contributed by atoms with Gasteiger partial charge in [-0.05, 0) is 122 Å². The fourth-order valence-corrected chi connectivity index (χ4v) is 9.61. The Hall–Kier alpha value is -9.26. The summed E-state index contributed by atoms with van der Waals surface area (Å²) >= 11 is 0. The highest BCUT2D eigenvalue weighted by Gasteiger charge is 2.21. The minimum Gasteiger partial charge on any atom is -0.310 e. The third kappa shape index (κ3) is 7.97. The summed E-state index contributed by atoms with van der Waals surface area (Å²) < 4.78 is 4.37. The summed E-state index contributed by atoms with van der Waals surface area (Å²) in [5.41, 5.74) is 21.3. The molecule has 0 unspecified atom stereocenters. The van der Waals surface area contributed by atoms with Gasteiger partial charge in [-0.25, -0.2) is 9.97 Å². The van der Waals surface area contributed by atoms with Gasteiger partial charge in [0, 0.05) is 68.8 Å². The lowest BCUT2D eigenvalue weighted by atomic mass is 10.0. The molecular formula is C64H48N6. The lowest BCUT2D eigenvalue weighted by Crippen LogP contribution is -2.10. The Bertz CT molecular complexity index is 3510. The Morgan fingerprint density at radius 3 is 1.01 bits per heavy atom. The van der Waals surface area contributed by atoms with Crippen LogP contribution in [0.25, 0.3) is 67.5 Å². The molecule has 0 saturated carbocycles. The molecule has 0 aliphatic carbocycles. The van der Waals surface area contributed by atoms with Crippen LogP contribution in [0.4, 0.5) is 34.1 Å². The number of aryl methyl sites for hydroxylation is 2. The van der Waals surface area contributed by atoms with Gasteiger partial charge in [-0.2, -0.15) is 0 Å². The Morgan fingerprint density at radius 2 is 0.629 bits per heavy atom. The normalized spacial score (nSPS) is 11.3. The van der Waals surface area contributed by atoms with Crippen molar-refractivity contribution in [1.29, 1.82) is 0 Å². The van der Waals surface area contributed by atoms with Gasteiger partial charge in [0.2, 0.25) is 0 Å². The van der Waals surface area contributed by atoms with E-state index < -0.39 is 0 Å². The van der Waals surface area contributed by atoms with Gasteiger partial charge in [-0.15, -0.1) is 0 Å². The van der Waals surface area contributed by atoms with Gasteiger partial charge in [-0.3, -0.25) is 8.80 Å². The van der Waals surface area contributed by atoms with Gasteiger partial charge in [0.15, 0.2) is 0 Å². The molecule has 70 heavy (non-hydrogen) atoms. The van der Waals surface area contributed by atoms with E-state index in [1.165, 1.54) is 11.1 Å². The van der Waals surface area contributed by atoms with Crippen LogP contribution < -0.4 is 9.80 Å². The number of anilines is 6. The van der Waals surface area contributed by atoms with Gasteiger partial charge in [-0.1, -0.05) is 157 Å². The first-order valence-corrected chi connectivity index (χ1v) is 23.7. The van der Waals surface area contributed by atoms with E-state index in [-0.39, 0.29) is 0 Å². The molecule has 0 radical (unpaired) electrons. The number of fused-ring (bicyclic) bond motifs is 2. The summed E-state index contributed by atoms with van der Waals surface area (Å²) in [4.78, 5) is 15.0. The van der Waals surface area contributed by atoms with E-state index >= 15 is 0 Å². The first-order valence-electron chi connectivity index (χ1n) is 23.7. The highest BCUT2D eigenvalue weighted by molar-refractivity contribution is 5.88. The zero-order chi connectivity index (χ0) is 47.0. The molecule has 0 amide bonds. The summed E-state index contributed by atoms with van der Waals surface area (Å²) in [6, 6.07) is 86.2. The van der Waals surface area contributed by atoms with Crippen molar-refractivity contribution in [3.05, 3.63) is 266 Å². The number of aromatic nitrogens is 4. The fraction of sp³-hybridized carbons (Fsp3) is 0.0312. The van der Waals surface area contributed by atoms with Crippen LogP contribution in [-0.4, -0.2) is 18.8 Å². The van der Waals surface area contributed by atoms with Gasteiger partial charge >= 0.3 is 0 Å². The van der Waals surface area contributed by atoms with Crippen molar-refractivity contribution in [1.82, 2.24) is 18.8 Å². The van der Waals surface area contributed by atoms with Crippen LogP contribution in [0.15, 0.2) is 255 Å². The molecule has 0 spiro atoms. The van der Waals surface area contributed by atoms with Crippen molar-refractivity contribution in [3.63, 3.8) is 0 Å². The third-order valence-electron chi connectivity index (χ3n) is 13.1. The smallest absolute Gasteiger partial charge is 0.137 e. The Morgan fingerprint density at radius 1 is 0.286 bits per heavy atom. The molecule has 4 heterocycles. The summed E-state index contributed by atoms with van der Waals surface area (Å²) in [6.07, 6.45) is 4.19. The molecule has 6 heteroatoms. The highest BCUT2D eigenvalue weighted by Crippen LogP contribution is 2.42.